The van der Waals surface area contributed by atoms with Crippen LogP contribution in [0.2, 0.25) is 0 Å². The van der Waals surface area contributed by atoms with Crippen molar-refractivity contribution in [2.75, 3.05) is 19.8 Å². The van der Waals surface area contributed by atoms with E-state index in [0.717, 1.165) is 19.4 Å². The fourth-order valence-electron chi connectivity index (χ4n) is 1.25. The monoisotopic (exact) mass is 203 g/mol. The standard InChI is InChI=1S/C11H25NO2/c1-4-5-6-13-7-8-14-11(3)9-10(2)12/h10-11H,4-9,12H2,1-3H3. The van der Waals surface area contributed by atoms with E-state index in [4.69, 9.17) is 15.2 Å². The molecule has 2 atom stereocenters. The van der Waals surface area contributed by atoms with Gasteiger partial charge in [-0.15, -0.1) is 0 Å². The molecule has 0 aliphatic rings. The van der Waals surface area contributed by atoms with Crippen molar-refractivity contribution in [3.63, 3.8) is 0 Å². The summed E-state index contributed by atoms with van der Waals surface area (Å²) in [7, 11) is 0. The van der Waals surface area contributed by atoms with Gasteiger partial charge in [0.1, 0.15) is 0 Å². The Bertz CT molecular complexity index is 118. The van der Waals surface area contributed by atoms with Gasteiger partial charge in [-0.05, 0) is 26.7 Å². The van der Waals surface area contributed by atoms with Crippen LogP contribution in [0.3, 0.4) is 0 Å². The van der Waals surface area contributed by atoms with Crippen molar-refractivity contribution in [1.29, 1.82) is 0 Å². The maximum atomic E-state index is 5.65. The van der Waals surface area contributed by atoms with E-state index in [1.54, 1.807) is 0 Å². The second-order valence-electron chi connectivity index (χ2n) is 3.86. The zero-order valence-corrected chi connectivity index (χ0v) is 9.79. The van der Waals surface area contributed by atoms with Gasteiger partial charge in [-0.3, -0.25) is 0 Å². The van der Waals surface area contributed by atoms with E-state index in [0.29, 0.717) is 13.2 Å². The molecule has 0 saturated carbocycles. The third-order valence-electron chi connectivity index (χ3n) is 1.98. The lowest BCUT2D eigenvalue weighted by molar-refractivity contribution is 0.00688. The normalized spacial score (nSPS) is 15.4. The fraction of sp³-hybridized carbons (Fsp3) is 1.00. The predicted molar refractivity (Wildman–Crippen MR) is 59.4 cm³/mol. The van der Waals surface area contributed by atoms with Gasteiger partial charge in [0.15, 0.2) is 0 Å². The van der Waals surface area contributed by atoms with Crippen LogP contribution in [0.1, 0.15) is 40.0 Å². The van der Waals surface area contributed by atoms with Crippen LogP contribution in [0.4, 0.5) is 0 Å². The highest BCUT2D eigenvalue weighted by Gasteiger charge is 2.04. The zero-order chi connectivity index (χ0) is 10.8. The van der Waals surface area contributed by atoms with Gasteiger partial charge in [0, 0.05) is 12.6 Å². The summed E-state index contributed by atoms with van der Waals surface area (Å²) in [6.07, 6.45) is 3.47. The van der Waals surface area contributed by atoms with Crippen molar-refractivity contribution in [2.24, 2.45) is 5.73 Å². The molecule has 0 spiro atoms. The molecule has 14 heavy (non-hydrogen) atoms. The molecule has 0 aliphatic carbocycles. The van der Waals surface area contributed by atoms with Gasteiger partial charge in [0.2, 0.25) is 0 Å². The topological polar surface area (TPSA) is 44.5 Å². The van der Waals surface area contributed by atoms with Crippen molar-refractivity contribution in [3.8, 4) is 0 Å². The van der Waals surface area contributed by atoms with Crippen molar-refractivity contribution in [2.45, 2.75) is 52.2 Å². The molecule has 0 bridgehead atoms. The summed E-state index contributed by atoms with van der Waals surface area (Å²) >= 11 is 0. The second kappa shape index (κ2) is 9.44. The summed E-state index contributed by atoms with van der Waals surface area (Å²) in [5.74, 6) is 0. The summed E-state index contributed by atoms with van der Waals surface area (Å²) in [5, 5.41) is 0. The van der Waals surface area contributed by atoms with E-state index < -0.39 is 0 Å². The molecule has 0 aromatic heterocycles. The minimum Gasteiger partial charge on any atom is -0.379 e. The Labute approximate surface area is 88.0 Å². The SMILES string of the molecule is CCCCOCCOC(C)CC(C)N. The van der Waals surface area contributed by atoms with E-state index in [1.165, 1.54) is 6.42 Å². The minimum atomic E-state index is 0.214. The van der Waals surface area contributed by atoms with Crippen LogP contribution >= 0.6 is 0 Å². The molecule has 0 aliphatic heterocycles. The van der Waals surface area contributed by atoms with E-state index in [2.05, 4.69) is 13.8 Å². The Morgan fingerprint density at radius 3 is 2.43 bits per heavy atom. The molecule has 3 heteroatoms. The van der Waals surface area contributed by atoms with Crippen LogP contribution in [-0.4, -0.2) is 32.0 Å². The zero-order valence-electron chi connectivity index (χ0n) is 9.79. The average molecular weight is 203 g/mol. The van der Waals surface area contributed by atoms with Crippen LogP contribution in [-0.2, 0) is 9.47 Å². The van der Waals surface area contributed by atoms with Gasteiger partial charge in [0.25, 0.3) is 0 Å². The summed E-state index contributed by atoms with van der Waals surface area (Å²) < 4.78 is 10.9. The molecular weight excluding hydrogens is 178 g/mol. The van der Waals surface area contributed by atoms with Gasteiger partial charge in [0.05, 0.1) is 19.3 Å². The molecule has 2 N–H and O–H groups in total. The predicted octanol–water partition coefficient (Wildman–Crippen LogP) is 1.95. The maximum Gasteiger partial charge on any atom is 0.0704 e. The molecule has 86 valence electrons. The smallest absolute Gasteiger partial charge is 0.0704 e. The van der Waals surface area contributed by atoms with E-state index >= 15 is 0 Å². The third kappa shape index (κ3) is 9.96. The summed E-state index contributed by atoms with van der Waals surface area (Å²) in [5.41, 5.74) is 5.65. The molecule has 0 saturated heterocycles. The van der Waals surface area contributed by atoms with Crippen LogP contribution in [0.25, 0.3) is 0 Å². The number of ether oxygens (including phenoxy) is 2. The van der Waals surface area contributed by atoms with Crippen LogP contribution in [0.5, 0.6) is 0 Å². The van der Waals surface area contributed by atoms with Gasteiger partial charge in [-0.1, -0.05) is 13.3 Å². The van der Waals surface area contributed by atoms with E-state index in [9.17, 15) is 0 Å². The fourth-order valence-corrected chi connectivity index (χ4v) is 1.25. The number of unbranched alkanes of at least 4 members (excludes halogenated alkanes) is 1. The summed E-state index contributed by atoms with van der Waals surface area (Å²) in [4.78, 5) is 0. The maximum absolute atomic E-state index is 5.65. The van der Waals surface area contributed by atoms with Gasteiger partial charge in [-0.25, -0.2) is 0 Å². The molecule has 0 radical (unpaired) electrons. The van der Waals surface area contributed by atoms with Crippen molar-refractivity contribution < 1.29 is 9.47 Å². The minimum absolute atomic E-state index is 0.214. The van der Waals surface area contributed by atoms with Crippen LogP contribution < -0.4 is 5.73 Å². The molecule has 0 aromatic rings. The van der Waals surface area contributed by atoms with Gasteiger partial charge >= 0.3 is 0 Å². The molecule has 0 aromatic carbocycles. The first kappa shape index (κ1) is 13.9. The second-order valence-corrected chi connectivity index (χ2v) is 3.86. The lowest BCUT2D eigenvalue weighted by atomic mass is 10.2. The lowest BCUT2D eigenvalue weighted by Gasteiger charge is -2.14. The largest absolute Gasteiger partial charge is 0.379 e. The third-order valence-corrected chi connectivity index (χ3v) is 1.98. The highest BCUT2D eigenvalue weighted by atomic mass is 16.5. The number of rotatable bonds is 9. The Balaban J connectivity index is 3.10. The van der Waals surface area contributed by atoms with Crippen molar-refractivity contribution in [3.05, 3.63) is 0 Å². The molecule has 0 fully saturated rings. The number of hydrogen-bond donors (Lipinski definition) is 1. The Morgan fingerprint density at radius 1 is 1.14 bits per heavy atom. The Kier molecular flexibility index (Phi) is 9.35. The molecule has 0 rings (SSSR count). The van der Waals surface area contributed by atoms with Crippen molar-refractivity contribution in [1.82, 2.24) is 0 Å². The molecule has 3 nitrogen and oxygen atoms in total. The Morgan fingerprint density at radius 2 is 1.86 bits per heavy atom. The summed E-state index contributed by atoms with van der Waals surface area (Å²) in [6, 6.07) is 0.214. The Hall–Kier alpha value is -0.120. The highest BCUT2D eigenvalue weighted by Crippen LogP contribution is 1.99. The first-order chi connectivity index (χ1) is 6.66. The summed E-state index contributed by atoms with van der Waals surface area (Å²) in [6.45, 7) is 8.43. The first-order valence-corrected chi connectivity index (χ1v) is 5.61. The van der Waals surface area contributed by atoms with Crippen LogP contribution in [0, 0.1) is 0 Å². The average Bonchev–Trinajstić information content (AvgIpc) is 2.10. The first-order valence-electron chi connectivity index (χ1n) is 5.61. The molecular formula is C11H25NO2. The van der Waals surface area contributed by atoms with E-state index in [1.807, 2.05) is 6.92 Å². The molecule has 0 heterocycles. The lowest BCUT2D eigenvalue weighted by Crippen LogP contribution is -2.24. The number of nitrogens with two attached hydrogens (primary N) is 1. The highest BCUT2D eigenvalue weighted by molar-refractivity contribution is 4.59. The molecule has 2 unspecified atom stereocenters. The van der Waals surface area contributed by atoms with Gasteiger partial charge < -0.3 is 15.2 Å². The van der Waals surface area contributed by atoms with Crippen molar-refractivity contribution >= 4 is 0 Å². The quantitative estimate of drug-likeness (QED) is 0.582. The van der Waals surface area contributed by atoms with Crippen LogP contribution in [0.15, 0.2) is 0 Å². The van der Waals surface area contributed by atoms with E-state index in [-0.39, 0.29) is 12.1 Å². The molecule has 0 amide bonds. The number of hydrogen-bond acceptors (Lipinski definition) is 3. The van der Waals surface area contributed by atoms with Gasteiger partial charge in [-0.2, -0.15) is 0 Å².